The Kier molecular flexibility index (Phi) is 16.8. The lowest BCUT2D eigenvalue weighted by atomic mass is 9.36. The largest absolute Gasteiger partial charge is 0.462 e. The number of hydrogen-bond donors (Lipinski definition) is 4. The summed E-state index contributed by atoms with van der Waals surface area (Å²) in [7, 11) is 0. The lowest BCUT2D eigenvalue weighted by molar-refractivity contribution is -0.239. The topological polar surface area (TPSA) is 128 Å². The van der Waals surface area contributed by atoms with Gasteiger partial charge in [0.25, 0.3) is 0 Å². The molecule has 0 unspecified atom stereocenters. The van der Waals surface area contributed by atoms with Crippen LogP contribution in [0.25, 0.3) is 0 Å². The molecule has 0 heterocycles. The second-order valence-corrected chi connectivity index (χ2v) is 19.6. The monoisotopic (exact) mass is 761 g/mol. The van der Waals surface area contributed by atoms with Gasteiger partial charge >= 0.3 is 5.97 Å². The Bertz CT molecular complexity index is 1190. The van der Waals surface area contributed by atoms with E-state index in [2.05, 4.69) is 70.5 Å². The molecule has 9 nitrogen and oxygen atoms in total. The van der Waals surface area contributed by atoms with Gasteiger partial charge in [-0.3, -0.25) is 9.59 Å². The Morgan fingerprint density at radius 2 is 1.48 bits per heavy atom. The van der Waals surface area contributed by atoms with Crippen molar-refractivity contribution in [2.45, 2.75) is 164 Å². The van der Waals surface area contributed by atoms with Crippen LogP contribution in [0.15, 0.2) is 0 Å². The number of carbonyl (C=O) groups excluding carboxylic acids is 2. The molecule has 4 rings (SSSR count). The number of unbranched alkanes of at least 4 members (excludes halogenated alkanes) is 1. The molecule has 5 N–H and O–H groups in total. The minimum absolute atomic E-state index is 0.0607. The molecule has 4 saturated carbocycles. The van der Waals surface area contributed by atoms with Gasteiger partial charge < -0.3 is 35.8 Å². The summed E-state index contributed by atoms with van der Waals surface area (Å²) in [5.41, 5.74) is 5.30. The normalized spacial score (nSPS) is 36.9. The number of aliphatic hydroxyl groups is 2. The van der Waals surface area contributed by atoms with E-state index in [-0.39, 0.29) is 69.9 Å². The molecule has 0 spiro atoms. The SMILES string of the molecule is CCN(CCCN)CCCCN(CC)CCCNC(=O)[C@@H](CCCC(C)C)[C@@H]1[C@@H](OC(C)=O)C[C@@]2(C)[C@H]1C[C@@H](O)[C@H]1[C@@]3(C)CC[C@@H](O)[C@@H](C)[C@@H]3CC[C@@]12C. The van der Waals surface area contributed by atoms with Crippen LogP contribution in [0.2, 0.25) is 0 Å². The predicted molar refractivity (Wildman–Crippen MR) is 220 cm³/mol. The number of nitrogens with one attached hydrogen (secondary N) is 1. The molecule has 12 atom stereocenters. The fraction of sp³-hybridized carbons (Fsp3) is 0.956. The minimum atomic E-state index is -0.489. The number of esters is 1. The van der Waals surface area contributed by atoms with Crippen LogP contribution >= 0.6 is 0 Å². The number of nitrogens with zero attached hydrogens (tertiary/aromatic N) is 2. The summed E-state index contributed by atoms with van der Waals surface area (Å²) in [6.45, 7) is 27.6. The Balaban J connectivity index is 1.49. The van der Waals surface area contributed by atoms with Crippen LogP contribution in [0.1, 0.15) is 146 Å². The Morgan fingerprint density at radius 3 is 2.07 bits per heavy atom. The van der Waals surface area contributed by atoms with Crippen molar-refractivity contribution in [3.05, 3.63) is 0 Å². The molecular weight excluding hydrogens is 677 g/mol. The van der Waals surface area contributed by atoms with Crippen molar-refractivity contribution in [2.24, 2.45) is 63.4 Å². The Morgan fingerprint density at radius 1 is 0.852 bits per heavy atom. The van der Waals surface area contributed by atoms with Crippen LogP contribution in [0.3, 0.4) is 0 Å². The zero-order chi connectivity index (χ0) is 39.8. The molecule has 0 aliphatic heterocycles. The van der Waals surface area contributed by atoms with Crippen molar-refractivity contribution >= 4 is 11.9 Å². The summed E-state index contributed by atoms with van der Waals surface area (Å²) in [5.74, 6) is 0.748. The molecule has 4 fully saturated rings. The van der Waals surface area contributed by atoms with Crippen LogP contribution in [0.5, 0.6) is 0 Å². The van der Waals surface area contributed by atoms with E-state index < -0.39 is 6.10 Å². The molecule has 0 aromatic heterocycles. The number of nitrogens with two attached hydrogens (primary N) is 1. The summed E-state index contributed by atoms with van der Waals surface area (Å²) in [6.07, 6.45) is 11.1. The van der Waals surface area contributed by atoms with Gasteiger partial charge in [0.15, 0.2) is 0 Å². The molecule has 4 aliphatic rings. The van der Waals surface area contributed by atoms with Gasteiger partial charge in [-0.1, -0.05) is 68.2 Å². The quantitative estimate of drug-likeness (QED) is 0.0738. The van der Waals surface area contributed by atoms with Crippen molar-refractivity contribution in [1.29, 1.82) is 0 Å². The predicted octanol–water partition coefficient (Wildman–Crippen LogP) is 6.88. The molecule has 0 saturated heterocycles. The number of rotatable bonds is 21. The summed E-state index contributed by atoms with van der Waals surface area (Å²) in [5, 5.41) is 26.6. The summed E-state index contributed by atoms with van der Waals surface area (Å²) < 4.78 is 6.27. The highest BCUT2D eigenvalue weighted by Crippen LogP contribution is 2.75. The average Bonchev–Trinajstić information content (AvgIpc) is 3.39. The smallest absolute Gasteiger partial charge is 0.302 e. The lowest BCUT2D eigenvalue weighted by Crippen LogP contribution is -2.66. The molecule has 0 aromatic rings. The van der Waals surface area contributed by atoms with Gasteiger partial charge in [0.1, 0.15) is 6.10 Å². The lowest BCUT2D eigenvalue weighted by Gasteiger charge is -2.69. The van der Waals surface area contributed by atoms with E-state index in [0.29, 0.717) is 24.8 Å². The zero-order valence-electron chi connectivity index (χ0n) is 36.2. The standard InChI is InChI=1S/C45H84N4O5/c1-10-48(27-15-23-46)25-12-13-26-49(11-2)28-16-24-47-42(53)34(18-14-17-31(3)4)40-36-29-38(52)41-43(7)21-20-37(51)32(5)35(43)19-22-44(41,8)45(36,9)30-39(40)54-33(6)50/h31-32,34-41,51-52H,10-30,46H2,1-9H3,(H,47,53)/t32-,34-,35-,36-,37+,38+,39-,40-,41-,43-,44-,45-/m0/s1. The van der Waals surface area contributed by atoms with Gasteiger partial charge in [-0.15, -0.1) is 0 Å². The molecule has 9 heteroatoms. The third-order valence-electron chi connectivity index (χ3n) is 16.1. The maximum absolute atomic E-state index is 14.5. The van der Waals surface area contributed by atoms with Gasteiger partial charge in [-0.25, -0.2) is 0 Å². The highest BCUT2D eigenvalue weighted by molar-refractivity contribution is 5.79. The van der Waals surface area contributed by atoms with Gasteiger partial charge in [-0.05, 0) is 162 Å². The fourth-order valence-corrected chi connectivity index (χ4v) is 13.1. The second kappa shape index (κ2) is 19.9. The molecule has 0 radical (unpaired) electrons. The Labute approximate surface area is 330 Å². The van der Waals surface area contributed by atoms with Crippen molar-refractivity contribution in [2.75, 3.05) is 52.4 Å². The summed E-state index contributed by atoms with van der Waals surface area (Å²) in [4.78, 5) is 32.3. The number of hydrogen-bond acceptors (Lipinski definition) is 8. The molecule has 4 aliphatic carbocycles. The third-order valence-corrected chi connectivity index (χ3v) is 16.1. The first kappa shape index (κ1) is 45.4. The maximum Gasteiger partial charge on any atom is 0.302 e. The van der Waals surface area contributed by atoms with E-state index in [9.17, 15) is 19.8 Å². The number of fused-ring (bicyclic) bond motifs is 5. The number of aliphatic hydroxyl groups excluding tert-OH is 2. The van der Waals surface area contributed by atoms with Crippen molar-refractivity contribution < 1.29 is 24.5 Å². The zero-order valence-corrected chi connectivity index (χ0v) is 36.2. The number of amides is 1. The van der Waals surface area contributed by atoms with Crippen LogP contribution in [0, 0.1) is 57.7 Å². The summed E-state index contributed by atoms with van der Waals surface area (Å²) in [6, 6.07) is 0. The number of ether oxygens (including phenoxy) is 1. The fourth-order valence-electron chi connectivity index (χ4n) is 13.1. The van der Waals surface area contributed by atoms with Gasteiger partial charge in [0.05, 0.1) is 12.2 Å². The average molecular weight is 761 g/mol. The van der Waals surface area contributed by atoms with E-state index in [1.807, 2.05) is 0 Å². The molecule has 0 bridgehead atoms. The highest BCUT2D eigenvalue weighted by Gasteiger charge is 2.72. The molecular formula is C45H84N4O5. The third kappa shape index (κ3) is 9.88. The van der Waals surface area contributed by atoms with E-state index in [4.69, 9.17) is 10.5 Å². The van der Waals surface area contributed by atoms with Crippen LogP contribution in [-0.2, 0) is 14.3 Å². The number of carbonyl (C=O) groups is 2. The molecule has 54 heavy (non-hydrogen) atoms. The van der Waals surface area contributed by atoms with E-state index in [1.165, 1.54) is 19.8 Å². The first-order valence-corrected chi connectivity index (χ1v) is 22.5. The van der Waals surface area contributed by atoms with Crippen LogP contribution in [-0.4, -0.2) is 103 Å². The van der Waals surface area contributed by atoms with E-state index >= 15 is 0 Å². The van der Waals surface area contributed by atoms with E-state index in [0.717, 1.165) is 110 Å². The minimum Gasteiger partial charge on any atom is -0.462 e. The Hall–Kier alpha value is -1.26. The van der Waals surface area contributed by atoms with Gasteiger partial charge in [-0.2, -0.15) is 0 Å². The molecule has 1 amide bonds. The van der Waals surface area contributed by atoms with E-state index in [1.54, 1.807) is 0 Å². The molecule has 0 aromatic carbocycles. The molecule has 314 valence electrons. The summed E-state index contributed by atoms with van der Waals surface area (Å²) >= 11 is 0. The van der Waals surface area contributed by atoms with Crippen LogP contribution in [0.4, 0.5) is 0 Å². The van der Waals surface area contributed by atoms with Gasteiger partial charge in [0, 0.05) is 25.3 Å². The van der Waals surface area contributed by atoms with Crippen molar-refractivity contribution in [1.82, 2.24) is 15.1 Å². The van der Waals surface area contributed by atoms with Gasteiger partial charge in [0.2, 0.25) is 5.91 Å². The second-order valence-electron chi connectivity index (χ2n) is 19.6. The first-order valence-electron chi connectivity index (χ1n) is 22.5. The first-order chi connectivity index (χ1) is 25.6. The van der Waals surface area contributed by atoms with Crippen molar-refractivity contribution in [3.63, 3.8) is 0 Å². The van der Waals surface area contributed by atoms with Crippen molar-refractivity contribution in [3.8, 4) is 0 Å². The highest BCUT2D eigenvalue weighted by atomic mass is 16.5. The van der Waals surface area contributed by atoms with Crippen LogP contribution < -0.4 is 11.1 Å². The maximum atomic E-state index is 14.5.